The van der Waals surface area contributed by atoms with E-state index in [1.54, 1.807) is 0 Å². The average Bonchev–Trinajstić information content (AvgIpc) is 2.95. The van der Waals surface area contributed by atoms with E-state index < -0.39 is 0 Å². The number of nitrogens with one attached hydrogen (secondary N) is 1. The predicted molar refractivity (Wildman–Crippen MR) is 170 cm³/mol. The van der Waals surface area contributed by atoms with Gasteiger partial charge in [0.25, 0.3) is 0 Å². The van der Waals surface area contributed by atoms with E-state index in [9.17, 15) is 9.59 Å². The Kier molecular flexibility index (Phi) is 15.8. The molecule has 0 aliphatic carbocycles. The summed E-state index contributed by atoms with van der Waals surface area (Å²) < 4.78 is 10.3. The lowest BCUT2D eigenvalue weighted by molar-refractivity contribution is -0.151. The zero-order valence-corrected chi connectivity index (χ0v) is 25.3. The third kappa shape index (κ3) is 11.5. The molecule has 4 rings (SSSR count). The van der Waals surface area contributed by atoms with Gasteiger partial charge in [-0.3, -0.25) is 19.4 Å². The molecule has 0 bridgehead atoms. The minimum Gasteiger partial charge on any atom is -0.466 e. The van der Waals surface area contributed by atoms with Crippen LogP contribution in [0, 0.1) is 11.8 Å². The molecule has 234 valence electrons. The predicted octanol–water partition coefficient (Wildman–Crippen LogP) is 4.47. The lowest BCUT2D eigenvalue weighted by atomic mass is 9.90. The lowest BCUT2D eigenvalue weighted by Gasteiger charge is -2.38. The standard InChI is InChI=1S/C18H28N2O2.C15H22N2O2.CH4/c1-4-22-18(21)16-10-11-20(13-17(16)19-14(2)3)12-15-8-6-5-7-9-15;1-2-19-15(18)13-8-9-17(11-14(13)16)10-12-6-4-3-5-7-12;/h5-9,14,16-17,19H,4,10-13H2,1-3H3;3-7,13-14H,2,8-11,16H2,1H3;1H4. The van der Waals surface area contributed by atoms with Crippen LogP contribution in [0.3, 0.4) is 0 Å². The van der Waals surface area contributed by atoms with Crippen LogP contribution in [-0.2, 0) is 32.2 Å². The molecule has 0 spiro atoms. The van der Waals surface area contributed by atoms with Gasteiger partial charge in [0.1, 0.15) is 0 Å². The molecule has 3 N–H and O–H groups in total. The van der Waals surface area contributed by atoms with Gasteiger partial charge in [-0.1, -0.05) is 81.9 Å². The van der Waals surface area contributed by atoms with Gasteiger partial charge in [0.05, 0.1) is 25.0 Å². The first-order chi connectivity index (χ1) is 19.8. The monoisotopic (exact) mass is 582 g/mol. The van der Waals surface area contributed by atoms with Gasteiger partial charge in [-0.15, -0.1) is 0 Å². The number of nitrogens with two attached hydrogens (primary N) is 1. The van der Waals surface area contributed by atoms with Gasteiger partial charge >= 0.3 is 11.9 Å². The van der Waals surface area contributed by atoms with Crippen molar-refractivity contribution < 1.29 is 19.1 Å². The highest BCUT2D eigenvalue weighted by molar-refractivity contribution is 5.74. The molecule has 2 saturated heterocycles. The number of nitrogens with zero attached hydrogens (tertiary/aromatic N) is 2. The Bertz CT molecular complexity index is 1040. The second kappa shape index (κ2) is 18.7. The van der Waals surface area contributed by atoms with E-state index in [0.29, 0.717) is 19.3 Å². The minimum atomic E-state index is -0.146. The summed E-state index contributed by atoms with van der Waals surface area (Å²) in [6.07, 6.45) is 1.64. The molecular weight excluding hydrogens is 528 g/mol. The van der Waals surface area contributed by atoms with Crippen molar-refractivity contribution in [3.8, 4) is 0 Å². The zero-order chi connectivity index (χ0) is 29.6. The molecule has 2 aliphatic heterocycles. The minimum absolute atomic E-state index is 0. The summed E-state index contributed by atoms with van der Waals surface area (Å²) in [6.45, 7) is 14.1. The fourth-order valence-corrected chi connectivity index (χ4v) is 5.71. The largest absolute Gasteiger partial charge is 0.466 e. The van der Waals surface area contributed by atoms with Crippen molar-refractivity contribution in [1.82, 2.24) is 15.1 Å². The van der Waals surface area contributed by atoms with Crippen LogP contribution in [-0.4, -0.2) is 79.3 Å². The van der Waals surface area contributed by atoms with E-state index in [-0.39, 0.29) is 43.3 Å². The number of rotatable bonds is 10. The normalized spacial score (nSPS) is 22.8. The second-order valence-electron chi connectivity index (χ2n) is 11.3. The first kappa shape index (κ1) is 35.4. The van der Waals surface area contributed by atoms with Crippen LogP contribution >= 0.6 is 0 Å². The Balaban J connectivity index is 0.000000289. The van der Waals surface area contributed by atoms with Crippen molar-refractivity contribution in [2.45, 2.75) is 79.2 Å². The van der Waals surface area contributed by atoms with Crippen LogP contribution < -0.4 is 11.1 Å². The average molecular weight is 583 g/mol. The van der Waals surface area contributed by atoms with E-state index in [4.69, 9.17) is 15.2 Å². The molecule has 4 unspecified atom stereocenters. The van der Waals surface area contributed by atoms with Crippen molar-refractivity contribution in [2.75, 3.05) is 39.4 Å². The smallest absolute Gasteiger partial charge is 0.310 e. The zero-order valence-electron chi connectivity index (χ0n) is 25.3. The number of carbonyl (C=O) groups is 2. The maximum absolute atomic E-state index is 12.2. The second-order valence-corrected chi connectivity index (χ2v) is 11.3. The molecule has 8 nitrogen and oxygen atoms in total. The molecule has 2 aliphatic rings. The van der Waals surface area contributed by atoms with Crippen LogP contribution in [0.5, 0.6) is 0 Å². The summed E-state index contributed by atoms with van der Waals surface area (Å²) in [6, 6.07) is 21.2. The number of hydrogen-bond donors (Lipinski definition) is 2. The Morgan fingerprint density at radius 2 is 1.26 bits per heavy atom. The quantitative estimate of drug-likeness (QED) is 0.396. The topological polar surface area (TPSA) is 97.1 Å². The van der Waals surface area contributed by atoms with Gasteiger partial charge in [-0.05, 0) is 50.9 Å². The fraction of sp³-hybridized carbons (Fsp3) is 0.588. The maximum atomic E-state index is 12.2. The van der Waals surface area contributed by atoms with Gasteiger partial charge in [-0.2, -0.15) is 0 Å². The summed E-state index contributed by atoms with van der Waals surface area (Å²) in [7, 11) is 0. The number of benzene rings is 2. The van der Waals surface area contributed by atoms with Gasteiger partial charge in [-0.25, -0.2) is 0 Å². The van der Waals surface area contributed by atoms with E-state index in [0.717, 1.165) is 52.1 Å². The summed E-state index contributed by atoms with van der Waals surface area (Å²) >= 11 is 0. The number of piperidine rings is 2. The van der Waals surface area contributed by atoms with Crippen molar-refractivity contribution in [1.29, 1.82) is 0 Å². The summed E-state index contributed by atoms with van der Waals surface area (Å²) in [4.78, 5) is 28.7. The Morgan fingerprint density at radius 3 is 1.71 bits per heavy atom. The molecule has 8 heteroatoms. The van der Waals surface area contributed by atoms with Gasteiger partial charge < -0.3 is 20.5 Å². The van der Waals surface area contributed by atoms with Gasteiger partial charge in [0.2, 0.25) is 0 Å². The van der Waals surface area contributed by atoms with Gasteiger partial charge in [0.15, 0.2) is 0 Å². The van der Waals surface area contributed by atoms with Crippen molar-refractivity contribution >= 4 is 11.9 Å². The van der Waals surface area contributed by atoms with Gasteiger partial charge in [0, 0.05) is 44.3 Å². The number of carbonyl (C=O) groups excluding carboxylic acids is 2. The molecule has 4 atom stereocenters. The summed E-state index contributed by atoms with van der Waals surface area (Å²) in [5.74, 6) is -0.379. The van der Waals surface area contributed by atoms with Crippen LogP contribution in [0.2, 0.25) is 0 Å². The van der Waals surface area contributed by atoms with E-state index in [2.05, 4.69) is 65.4 Å². The van der Waals surface area contributed by atoms with Crippen LogP contribution in [0.4, 0.5) is 0 Å². The highest BCUT2D eigenvalue weighted by atomic mass is 16.5. The molecule has 42 heavy (non-hydrogen) atoms. The van der Waals surface area contributed by atoms with Crippen molar-refractivity contribution in [2.24, 2.45) is 17.6 Å². The highest BCUT2D eigenvalue weighted by Crippen LogP contribution is 2.22. The number of likely N-dealkylation sites (tertiary alicyclic amines) is 2. The number of ether oxygens (including phenoxy) is 2. The van der Waals surface area contributed by atoms with E-state index in [1.807, 2.05) is 38.1 Å². The van der Waals surface area contributed by atoms with Crippen LogP contribution in [0.15, 0.2) is 60.7 Å². The first-order valence-corrected chi connectivity index (χ1v) is 15.2. The molecular formula is C34H54N4O4. The Labute approximate surface area is 253 Å². The Hall–Kier alpha value is -2.78. The molecule has 0 radical (unpaired) electrons. The van der Waals surface area contributed by atoms with Crippen LogP contribution in [0.1, 0.15) is 59.1 Å². The maximum Gasteiger partial charge on any atom is 0.310 e. The molecule has 0 amide bonds. The molecule has 2 heterocycles. The summed E-state index contributed by atoms with van der Waals surface area (Å²) in [5, 5.41) is 3.54. The molecule has 2 fully saturated rings. The summed E-state index contributed by atoms with van der Waals surface area (Å²) in [5.41, 5.74) is 8.71. The fourth-order valence-electron chi connectivity index (χ4n) is 5.71. The highest BCUT2D eigenvalue weighted by Gasteiger charge is 2.35. The first-order valence-electron chi connectivity index (χ1n) is 15.2. The molecule has 0 aromatic heterocycles. The number of esters is 2. The third-order valence-corrected chi connectivity index (χ3v) is 7.66. The third-order valence-electron chi connectivity index (χ3n) is 7.66. The SMILES string of the molecule is C.CCOC(=O)C1CCN(Cc2ccccc2)CC1N.CCOC(=O)C1CCN(Cc2ccccc2)CC1NC(C)C. The van der Waals surface area contributed by atoms with E-state index in [1.165, 1.54) is 11.1 Å². The number of hydrogen-bond acceptors (Lipinski definition) is 8. The molecule has 2 aromatic carbocycles. The van der Waals surface area contributed by atoms with Crippen LogP contribution in [0.25, 0.3) is 0 Å². The molecule has 2 aromatic rings. The Morgan fingerprint density at radius 1 is 0.810 bits per heavy atom. The van der Waals surface area contributed by atoms with E-state index >= 15 is 0 Å². The van der Waals surface area contributed by atoms with Crippen molar-refractivity contribution in [3.05, 3.63) is 71.8 Å². The molecule has 0 saturated carbocycles. The lowest BCUT2D eigenvalue weighted by Crippen LogP contribution is -2.54. The van der Waals surface area contributed by atoms with Crippen molar-refractivity contribution in [3.63, 3.8) is 0 Å².